The molecule has 1 aromatic heterocycles. The first kappa shape index (κ1) is 14.5. The average Bonchev–Trinajstić information content (AvgIpc) is 2.83. The fraction of sp³-hybridized carbons (Fsp3) is 0.286. The highest BCUT2D eigenvalue weighted by atomic mass is 79.9. The van der Waals surface area contributed by atoms with Gasteiger partial charge in [0.05, 0.1) is 21.7 Å². The van der Waals surface area contributed by atoms with E-state index in [0.29, 0.717) is 28.2 Å². The Bertz CT molecular complexity index is 778. The highest BCUT2D eigenvalue weighted by Gasteiger charge is 2.31. The monoisotopic (exact) mass is 367 g/mol. The number of nitrogen functional groups attached to an aromatic ring is 1. The van der Waals surface area contributed by atoms with Crippen molar-refractivity contribution < 1.29 is 8.42 Å². The van der Waals surface area contributed by atoms with E-state index >= 15 is 0 Å². The summed E-state index contributed by atoms with van der Waals surface area (Å²) in [4.78, 5) is 8.81. The minimum Gasteiger partial charge on any atom is -0.383 e. The lowest BCUT2D eigenvalue weighted by Crippen LogP contribution is -2.10. The van der Waals surface area contributed by atoms with Crippen molar-refractivity contribution in [1.29, 1.82) is 0 Å². The van der Waals surface area contributed by atoms with Crippen molar-refractivity contribution in [1.82, 2.24) is 9.97 Å². The standard InChI is InChI=1S/C14H14BrN3O2S/c15-11-12(9-4-2-1-3-5-9)17-14(18-13(11)16)10-6-7-21(19,20)8-10/h1-5,10H,6-8H2,(H2,16,17,18). The highest BCUT2D eigenvalue weighted by molar-refractivity contribution is 9.10. The zero-order valence-corrected chi connectivity index (χ0v) is 13.6. The zero-order valence-electron chi connectivity index (χ0n) is 11.2. The van der Waals surface area contributed by atoms with Crippen molar-refractivity contribution >= 4 is 31.6 Å². The molecule has 0 spiro atoms. The third-order valence-corrected chi connectivity index (χ3v) is 6.09. The molecule has 2 heterocycles. The van der Waals surface area contributed by atoms with Gasteiger partial charge in [-0.2, -0.15) is 0 Å². The van der Waals surface area contributed by atoms with E-state index in [0.717, 1.165) is 5.56 Å². The topological polar surface area (TPSA) is 85.9 Å². The predicted molar refractivity (Wildman–Crippen MR) is 85.6 cm³/mol. The molecule has 0 radical (unpaired) electrons. The van der Waals surface area contributed by atoms with E-state index in [1.807, 2.05) is 30.3 Å². The first-order valence-electron chi connectivity index (χ1n) is 6.55. The number of nitrogens with zero attached hydrogens (tertiary/aromatic N) is 2. The molecule has 0 bridgehead atoms. The SMILES string of the molecule is Nc1nc(C2CCS(=O)(=O)C2)nc(-c2ccccc2)c1Br. The molecule has 21 heavy (non-hydrogen) atoms. The summed E-state index contributed by atoms with van der Waals surface area (Å²) < 4.78 is 23.9. The molecule has 1 atom stereocenters. The van der Waals surface area contributed by atoms with Gasteiger partial charge in [-0.15, -0.1) is 0 Å². The summed E-state index contributed by atoms with van der Waals surface area (Å²) in [6.45, 7) is 0. The molecule has 1 fully saturated rings. The molecule has 1 unspecified atom stereocenters. The predicted octanol–water partition coefficient (Wildman–Crippen LogP) is 2.39. The van der Waals surface area contributed by atoms with Gasteiger partial charge >= 0.3 is 0 Å². The van der Waals surface area contributed by atoms with Crippen LogP contribution in [-0.4, -0.2) is 29.9 Å². The molecule has 3 rings (SSSR count). The van der Waals surface area contributed by atoms with E-state index < -0.39 is 9.84 Å². The van der Waals surface area contributed by atoms with Crippen LogP contribution in [0.1, 0.15) is 18.2 Å². The second-order valence-corrected chi connectivity index (χ2v) is 8.12. The molecule has 1 saturated heterocycles. The van der Waals surface area contributed by atoms with Crippen LogP contribution in [0, 0.1) is 0 Å². The number of anilines is 1. The van der Waals surface area contributed by atoms with Crippen LogP contribution in [0.15, 0.2) is 34.8 Å². The lowest BCUT2D eigenvalue weighted by atomic mass is 10.1. The minimum atomic E-state index is -2.98. The van der Waals surface area contributed by atoms with Crippen LogP contribution in [0.3, 0.4) is 0 Å². The van der Waals surface area contributed by atoms with Gasteiger partial charge < -0.3 is 5.73 Å². The maximum absolute atomic E-state index is 11.6. The van der Waals surface area contributed by atoms with Gasteiger partial charge in [0, 0.05) is 11.5 Å². The molecule has 7 heteroatoms. The van der Waals surface area contributed by atoms with Gasteiger partial charge in [0.15, 0.2) is 9.84 Å². The smallest absolute Gasteiger partial charge is 0.151 e. The summed E-state index contributed by atoms with van der Waals surface area (Å²) in [7, 11) is -2.98. The quantitative estimate of drug-likeness (QED) is 0.880. The highest BCUT2D eigenvalue weighted by Crippen LogP contribution is 2.34. The molecule has 1 aromatic carbocycles. The molecule has 2 N–H and O–H groups in total. The zero-order chi connectivity index (χ0) is 15.0. The van der Waals surface area contributed by atoms with Crippen molar-refractivity contribution in [2.45, 2.75) is 12.3 Å². The molecule has 1 aliphatic rings. The summed E-state index contributed by atoms with van der Waals surface area (Å²) in [5, 5.41) is 0. The molecule has 0 amide bonds. The lowest BCUT2D eigenvalue weighted by Gasteiger charge is -2.12. The van der Waals surface area contributed by atoms with Gasteiger partial charge in [0.1, 0.15) is 11.6 Å². The summed E-state index contributed by atoms with van der Waals surface area (Å²) in [6.07, 6.45) is 0.553. The number of sulfone groups is 1. The van der Waals surface area contributed by atoms with Gasteiger partial charge in [-0.25, -0.2) is 18.4 Å². The van der Waals surface area contributed by atoms with Gasteiger partial charge in [0.25, 0.3) is 0 Å². The molecule has 110 valence electrons. The molecule has 2 aromatic rings. The number of hydrogen-bond donors (Lipinski definition) is 1. The van der Waals surface area contributed by atoms with E-state index in [4.69, 9.17) is 5.73 Å². The van der Waals surface area contributed by atoms with Gasteiger partial charge in [-0.05, 0) is 22.4 Å². The number of benzene rings is 1. The summed E-state index contributed by atoms with van der Waals surface area (Å²) >= 11 is 3.41. The molecule has 0 aliphatic carbocycles. The summed E-state index contributed by atoms with van der Waals surface area (Å²) in [5.74, 6) is 0.964. The second kappa shape index (κ2) is 5.38. The van der Waals surface area contributed by atoms with E-state index in [-0.39, 0.29) is 17.4 Å². The third-order valence-electron chi connectivity index (χ3n) is 3.54. The summed E-state index contributed by atoms with van der Waals surface area (Å²) in [6, 6.07) is 9.62. The Balaban J connectivity index is 2.07. The van der Waals surface area contributed by atoms with Crippen LogP contribution in [0.25, 0.3) is 11.3 Å². The lowest BCUT2D eigenvalue weighted by molar-refractivity contribution is 0.601. The summed E-state index contributed by atoms with van der Waals surface area (Å²) in [5.41, 5.74) is 7.56. The fourth-order valence-corrected chi connectivity index (χ4v) is 4.60. The first-order valence-corrected chi connectivity index (χ1v) is 9.16. The number of hydrogen-bond acceptors (Lipinski definition) is 5. The Morgan fingerprint density at radius 2 is 1.90 bits per heavy atom. The van der Waals surface area contributed by atoms with Crippen LogP contribution in [0.4, 0.5) is 5.82 Å². The molecule has 5 nitrogen and oxygen atoms in total. The maximum Gasteiger partial charge on any atom is 0.151 e. The minimum absolute atomic E-state index is 0.0995. The Hall–Kier alpha value is -1.47. The average molecular weight is 368 g/mol. The van der Waals surface area contributed by atoms with Crippen molar-refractivity contribution in [2.75, 3.05) is 17.2 Å². The van der Waals surface area contributed by atoms with E-state index in [1.54, 1.807) is 0 Å². The first-order chi connectivity index (χ1) is 9.96. The molecular weight excluding hydrogens is 354 g/mol. The van der Waals surface area contributed by atoms with Gasteiger partial charge in [-0.3, -0.25) is 0 Å². The fourth-order valence-electron chi connectivity index (χ4n) is 2.45. The number of halogens is 1. The Labute approximate surface area is 131 Å². The second-order valence-electron chi connectivity index (χ2n) is 5.10. The number of nitrogens with two attached hydrogens (primary N) is 1. The van der Waals surface area contributed by atoms with Gasteiger partial charge in [0.2, 0.25) is 0 Å². The Morgan fingerprint density at radius 1 is 1.19 bits per heavy atom. The molecule has 0 saturated carbocycles. The van der Waals surface area contributed by atoms with E-state index in [9.17, 15) is 8.42 Å². The van der Waals surface area contributed by atoms with Crippen LogP contribution in [0.2, 0.25) is 0 Å². The molecule has 1 aliphatic heterocycles. The van der Waals surface area contributed by atoms with Crippen molar-refractivity contribution in [3.05, 3.63) is 40.6 Å². The van der Waals surface area contributed by atoms with Crippen molar-refractivity contribution in [2.24, 2.45) is 0 Å². The van der Waals surface area contributed by atoms with Crippen molar-refractivity contribution in [3.8, 4) is 11.3 Å². The third kappa shape index (κ3) is 2.94. The number of rotatable bonds is 2. The Morgan fingerprint density at radius 3 is 2.52 bits per heavy atom. The van der Waals surface area contributed by atoms with Crippen LogP contribution >= 0.6 is 15.9 Å². The Kier molecular flexibility index (Phi) is 3.71. The van der Waals surface area contributed by atoms with Gasteiger partial charge in [-0.1, -0.05) is 30.3 Å². The van der Waals surface area contributed by atoms with E-state index in [1.165, 1.54) is 0 Å². The van der Waals surface area contributed by atoms with Crippen LogP contribution < -0.4 is 5.73 Å². The van der Waals surface area contributed by atoms with Crippen molar-refractivity contribution in [3.63, 3.8) is 0 Å². The maximum atomic E-state index is 11.6. The van der Waals surface area contributed by atoms with Crippen LogP contribution in [-0.2, 0) is 9.84 Å². The van der Waals surface area contributed by atoms with Crippen LogP contribution in [0.5, 0.6) is 0 Å². The normalized spacial score (nSPS) is 20.5. The number of aromatic nitrogens is 2. The largest absolute Gasteiger partial charge is 0.383 e. The molecular formula is C14H14BrN3O2S. The van der Waals surface area contributed by atoms with E-state index in [2.05, 4.69) is 25.9 Å².